The lowest BCUT2D eigenvalue weighted by atomic mass is 10.2. The molecule has 0 saturated carbocycles. The molecule has 8 heteroatoms. The van der Waals surface area contributed by atoms with Crippen LogP contribution in [-0.2, 0) is 4.79 Å². The van der Waals surface area contributed by atoms with Gasteiger partial charge in [0, 0.05) is 11.2 Å². The molecule has 0 atom stereocenters. The molecule has 1 N–H and O–H groups in total. The molecular weight excluding hydrogens is 490 g/mol. The van der Waals surface area contributed by atoms with Gasteiger partial charge in [0.25, 0.3) is 5.91 Å². The second-order valence-corrected chi connectivity index (χ2v) is 8.16. The molecule has 1 amide bonds. The van der Waals surface area contributed by atoms with Crippen LogP contribution in [0.25, 0.3) is 0 Å². The standard InChI is InChI=1S/C27H19Cl2FN2O3/c28-19-4-3-5-22(15-19)35-21-11-9-20(10-12-21)31-16-18-8-13-26(23(29)14-18)34-17-27(33)32-25-7-2-1-6-24(25)30/h1-16H,17H2,(H,32,33). The van der Waals surface area contributed by atoms with Crippen molar-refractivity contribution in [3.63, 3.8) is 0 Å². The van der Waals surface area contributed by atoms with E-state index in [1.807, 2.05) is 36.4 Å². The van der Waals surface area contributed by atoms with Crippen LogP contribution in [0.1, 0.15) is 5.56 Å². The van der Waals surface area contributed by atoms with Gasteiger partial charge in [0.1, 0.15) is 23.1 Å². The lowest BCUT2D eigenvalue weighted by Crippen LogP contribution is -2.20. The maximum atomic E-state index is 13.6. The lowest BCUT2D eigenvalue weighted by Gasteiger charge is -2.09. The minimum atomic E-state index is -0.522. The van der Waals surface area contributed by atoms with Crippen molar-refractivity contribution >= 4 is 46.7 Å². The zero-order chi connectivity index (χ0) is 24.6. The first-order valence-corrected chi connectivity index (χ1v) is 11.3. The summed E-state index contributed by atoms with van der Waals surface area (Å²) in [4.78, 5) is 16.5. The fraction of sp³-hybridized carbons (Fsp3) is 0.0370. The topological polar surface area (TPSA) is 59.9 Å². The van der Waals surface area contributed by atoms with Crippen molar-refractivity contribution in [1.29, 1.82) is 0 Å². The molecule has 0 fully saturated rings. The highest BCUT2D eigenvalue weighted by molar-refractivity contribution is 6.32. The molecule has 0 aliphatic heterocycles. The predicted octanol–water partition coefficient (Wildman–Crippen LogP) is 7.69. The Morgan fingerprint density at radius 1 is 0.914 bits per heavy atom. The van der Waals surface area contributed by atoms with Crippen LogP contribution in [0.3, 0.4) is 0 Å². The summed E-state index contributed by atoms with van der Waals surface area (Å²) in [5.41, 5.74) is 1.56. The molecule has 0 unspecified atom stereocenters. The highest BCUT2D eigenvalue weighted by Crippen LogP contribution is 2.27. The first kappa shape index (κ1) is 24.3. The van der Waals surface area contributed by atoms with Crippen LogP contribution in [0.4, 0.5) is 15.8 Å². The van der Waals surface area contributed by atoms with Crippen molar-refractivity contribution in [1.82, 2.24) is 0 Å². The number of carbonyl (C=O) groups is 1. The zero-order valence-electron chi connectivity index (χ0n) is 18.3. The molecule has 0 radical (unpaired) electrons. The van der Waals surface area contributed by atoms with Crippen LogP contribution in [0, 0.1) is 5.82 Å². The van der Waals surface area contributed by atoms with Crippen LogP contribution in [0.2, 0.25) is 10.0 Å². The number of nitrogens with one attached hydrogen (secondary N) is 1. The lowest BCUT2D eigenvalue weighted by molar-refractivity contribution is -0.118. The second kappa shape index (κ2) is 11.5. The van der Waals surface area contributed by atoms with E-state index in [-0.39, 0.29) is 12.3 Å². The third-order valence-electron chi connectivity index (χ3n) is 4.69. The molecule has 0 aliphatic rings. The molecule has 5 nitrogen and oxygen atoms in total. The van der Waals surface area contributed by atoms with Crippen molar-refractivity contribution in [2.24, 2.45) is 4.99 Å². The van der Waals surface area contributed by atoms with Crippen molar-refractivity contribution in [2.45, 2.75) is 0 Å². The number of aliphatic imine (C=N–C) groups is 1. The number of hydrogen-bond acceptors (Lipinski definition) is 4. The molecule has 0 saturated heterocycles. The predicted molar refractivity (Wildman–Crippen MR) is 137 cm³/mol. The normalized spacial score (nSPS) is 10.8. The number of carbonyl (C=O) groups excluding carboxylic acids is 1. The van der Waals surface area contributed by atoms with Gasteiger partial charge >= 0.3 is 0 Å². The minimum absolute atomic E-state index is 0.0859. The number of ether oxygens (including phenoxy) is 2. The van der Waals surface area contributed by atoms with E-state index in [0.717, 1.165) is 11.3 Å². The summed E-state index contributed by atoms with van der Waals surface area (Å²) in [6, 6.07) is 25.4. The SMILES string of the molecule is O=C(COc1ccc(C=Nc2ccc(Oc3cccc(Cl)c3)cc2)cc1Cl)Nc1ccccc1F. The van der Waals surface area contributed by atoms with E-state index in [1.54, 1.807) is 42.6 Å². The van der Waals surface area contributed by atoms with E-state index < -0.39 is 11.7 Å². The molecular formula is C27H19Cl2FN2O3. The molecule has 0 heterocycles. The average Bonchev–Trinajstić information content (AvgIpc) is 2.84. The zero-order valence-corrected chi connectivity index (χ0v) is 19.8. The molecule has 0 bridgehead atoms. The molecule has 4 rings (SSSR count). The Bertz CT molecular complexity index is 1360. The Morgan fingerprint density at radius 2 is 1.71 bits per heavy atom. The maximum Gasteiger partial charge on any atom is 0.262 e. The Labute approximate surface area is 211 Å². The molecule has 0 aromatic heterocycles. The summed E-state index contributed by atoms with van der Waals surface area (Å²) < 4.78 is 24.9. The minimum Gasteiger partial charge on any atom is -0.482 e. The number of nitrogens with zero attached hydrogens (tertiary/aromatic N) is 1. The van der Waals surface area contributed by atoms with Crippen LogP contribution in [0.15, 0.2) is 96.0 Å². The monoisotopic (exact) mass is 508 g/mol. The number of para-hydroxylation sites is 1. The molecule has 4 aromatic carbocycles. The van der Waals surface area contributed by atoms with Gasteiger partial charge in [0.05, 0.1) is 16.4 Å². The Kier molecular flexibility index (Phi) is 7.98. The summed E-state index contributed by atoms with van der Waals surface area (Å²) in [5.74, 6) is 0.616. The van der Waals surface area contributed by atoms with E-state index in [9.17, 15) is 9.18 Å². The number of amides is 1. The van der Waals surface area contributed by atoms with Gasteiger partial charge in [-0.1, -0.05) is 41.4 Å². The number of hydrogen-bond donors (Lipinski definition) is 1. The highest BCUT2D eigenvalue weighted by atomic mass is 35.5. The molecule has 0 spiro atoms. The fourth-order valence-corrected chi connectivity index (χ4v) is 3.45. The van der Waals surface area contributed by atoms with Gasteiger partial charge in [-0.15, -0.1) is 0 Å². The van der Waals surface area contributed by atoms with Gasteiger partial charge < -0.3 is 14.8 Å². The first-order chi connectivity index (χ1) is 17.0. The van der Waals surface area contributed by atoms with E-state index >= 15 is 0 Å². The molecule has 176 valence electrons. The third kappa shape index (κ3) is 7.06. The Morgan fingerprint density at radius 3 is 2.46 bits per heavy atom. The van der Waals surface area contributed by atoms with Crippen molar-refractivity contribution in [2.75, 3.05) is 11.9 Å². The fourth-order valence-electron chi connectivity index (χ4n) is 3.02. The van der Waals surface area contributed by atoms with Gasteiger partial charge in [-0.05, 0) is 78.4 Å². The van der Waals surface area contributed by atoms with Crippen LogP contribution >= 0.6 is 23.2 Å². The van der Waals surface area contributed by atoms with Gasteiger partial charge in [-0.25, -0.2) is 4.39 Å². The first-order valence-electron chi connectivity index (χ1n) is 10.5. The van der Waals surface area contributed by atoms with Crippen molar-refractivity contribution < 1.29 is 18.7 Å². The van der Waals surface area contributed by atoms with Gasteiger partial charge in [-0.2, -0.15) is 0 Å². The summed E-state index contributed by atoms with van der Waals surface area (Å²) in [6.45, 7) is -0.314. The number of benzene rings is 4. The van der Waals surface area contributed by atoms with Crippen molar-refractivity contribution in [3.8, 4) is 17.2 Å². The van der Waals surface area contributed by atoms with E-state index in [4.69, 9.17) is 32.7 Å². The maximum absolute atomic E-state index is 13.6. The van der Waals surface area contributed by atoms with E-state index in [0.29, 0.717) is 27.3 Å². The molecule has 35 heavy (non-hydrogen) atoms. The van der Waals surface area contributed by atoms with Gasteiger partial charge in [0.2, 0.25) is 0 Å². The van der Waals surface area contributed by atoms with Crippen LogP contribution in [0.5, 0.6) is 17.2 Å². The van der Waals surface area contributed by atoms with Gasteiger partial charge in [0.15, 0.2) is 6.61 Å². The Hall–Kier alpha value is -3.87. The largest absolute Gasteiger partial charge is 0.482 e. The van der Waals surface area contributed by atoms with E-state index in [2.05, 4.69) is 10.3 Å². The van der Waals surface area contributed by atoms with Crippen LogP contribution < -0.4 is 14.8 Å². The third-order valence-corrected chi connectivity index (χ3v) is 5.22. The quantitative estimate of drug-likeness (QED) is 0.248. The number of anilines is 1. The van der Waals surface area contributed by atoms with Gasteiger partial charge in [-0.3, -0.25) is 9.79 Å². The number of rotatable bonds is 8. The average molecular weight is 509 g/mol. The van der Waals surface area contributed by atoms with Crippen LogP contribution in [-0.4, -0.2) is 18.7 Å². The van der Waals surface area contributed by atoms with Crippen molar-refractivity contribution in [3.05, 3.63) is 112 Å². The smallest absolute Gasteiger partial charge is 0.262 e. The molecule has 0 aliphatic carbocycles. The second-order valence-electron chi connectivity index (χ2n) is 7.32. The highest BCUT2D eigenvalue weighted by Gasteiger charge is 2.09. The van der Waals surface area contributed by atoms with E-state index in [1.165, 1.54) is 18.2 Å². The summed E-state index contributed by atoms with van der Waals surface area (Å²) in [7, 11) is 0. The molecule has 4 aromatic rings. The summed E-state index contributed by atoms with van der Waals surface area (Å²) >= 11 is 12.3. The summed E-state index contributed by atoms with van der Waals surface area (Å²) in [5, 5.41) is 3.37. The summed E-state index contributed by atoms with van der Waals surface area (Å²) in [6.07, 6.45) is 1.66. The Balaban J connectivity index is 1.32. The number of halogens is 3.